The highest BCUT2D eigenvalue weighted by Gasteiger charge is 1.99. The Bertz CT molecular complexity index is 477. The number of hydrogen-bond donors (Lipinski definition) is 2. The lowest BCUT2D eigenvalue weighted by molar-refractivity contribution is 0.638. The van der Waals surface area contributed by atoms with Crippen molar-refractivity contribution >= 4 is 0 Å². The van der Waals surface area contributed by atoms with E-state index >= 15 is 0 Å². The number of benzene rings is 1. The standard InChI is InChI=1S/C14H20N4/c1-11-5-6-13(12(2)8-11)9-15-7-3-4-14-16-10-17-18-14/h5-6,8,10,15H,3-4,7,9H2,1-2H3,(H,16,17,18). The largest absolute Gasteiger partial charge is 0.313 e. The van der Waals surface area contributed by atoms with Crippen LogP contribution in [-0.4, -0.2) is 21.7 Å². The summed E-state index contributed by atoms with van der Waals surface area (Å²) in [5.41, 5.74) is 4.06. The van der Waals surface area contributed by atoms with E-state index in [1.807, 2.05) is 0 Å². The Balaban J connectivity index is 1.69. The molecule has 0 aliphatic heterocycles. The Morgan fingerprint density at radius 1 is 1.28 bits per heavy atom. The Kier molecular flexibility index (Phi) is 4.47. The quantitative estimate of drug-likeness (QED) is 0.765. The highest BCUT2D eigenvalue weighted by atomic mass is 15.2. The molecule has 18 heavy (non-hydrogen) atoms. The zero-order valence-corrected chi connectivity index (χ0v) is 11.0. The minimum Gasteiger partial charge on any atom is -0.313 e. The first-order valence-electron chi connectivity index (χ1n) is 6.37. The molecule has 2 rings (SSSR count). The molecule has 4 nitrogen and oxygen atoms in total. The first-order valence-corrected chi connectivity index (χ1v) is 6.37. The third kappa shape index (κ3) is 3.67. The summed E-state index contributed by atoms with van der Waals surface area (Å²) in [6.07, 6.45) is 3.57. The molecule has 0 amide bonds. The number of rotatable bonds is 6. The van der Waals surface area contributed by atoms with Crippen LogP contribution < -0.4 is 5.32 Å². The van der Waals surface area contributed by atoms with Crippen LogP contribution in [0.4, 0.5) is 0 Å². The summed E-state index contributed by atoms with van der Waals surface area (Å²) >= 11 is 0. The summed E-state index contributed by atoms with van der Waals surface area (Å²) in [6.45, 7) is 6.22. The Morgan fingerprint density at radius 3 is 2.89 bits per heavy atom. The first kappa shape index (κ1) is 12.8. The van der Waals surface area contributed by atoms with Crippen LogP contribution in [-0.2, 0) is 13.0 Å². The van der Waals surface area contributed by atoms with Gasteiger partial charge in [-0.1, -0.05) is 23.8 Å². The molecule has 0 aliphatic rings. The van der Waals surface area contributed by atoms with Crippen LogP contribution in [0.2, 0.25) is 0 Å². The van der Waals surface area contributed by atoms with Gasteiger partial charge in [-0.15, -0.1) is 0 Å². The molecule has 0 spiro atoms. The molecule has 0 aliphatic carbocycles. The van der Waals surface area contributed by atoms with Crippen molar-refractivity contribution in [1.82, 2.24) is 20.5 Å². The number of H-pyrrole nitrogens is 1. The predicted molar refractivity (Wildman–Crippen MR) is 72.3 cm³/mol. The third-order valence-corrected chi connectivity index (χ3v) is 3.05. The fourth-order valence-electron chi connectivity index (χ4n) is 2.00. The fraction of sp³-hybridized carbons (Fsp3) is 0.429. The minimum atomic E-state index is 0.933. The molecule has 1 aromatic heterocycles. The summed E-state index contributed by atoms with van der Waals surface area (Å²) in [4.78, 5) is 4.10. The molecule has 0 fully saturated rings. The number of aromatic amines is 1. The first-order chi connectivity index (χ1) is 8.75. The maximum Gasteiger partial charge on any atom is 0.137 e. The van der Waals surface area contributed by atoms with Crippen molar-refractivity contribution in [2.45, 2.75) is 33.2 Å². The highest BCUT2D eigenvalue weighted by Crippen LogP contribution is 2.09. The average Bonchev–Trinajstić information content (AvgIpc) is 2.84. The monoisotopic (exact) mass is 244 g/mol. The molecule has 96 valence electrons. The Hall–Kier alpha value is -1.68. The summed E-state index contributed by atoms with van der Waals surface area (Å²) in [5.74, 6) is 0.961. The van der Waals surface area contributed by atoms with Crippen molar-refractivity contribution in [3.8, 4) is 0 Å². The van der Waals surface area contributed by atoms with E-state index < -0.39 is 0 Å². The van der Waals surface area contributed by atoms with Crippen molar-refractivity contribution in [2.75, 3.05) is 6.54 Å². The summed E-state index contributed by atoms with van der Waals surface area (Å²) < 4.78 is 0. The van der Waals surface area contributed by atoms with E-state index in [4.69, 9.17) is 0 Å². The number of nitrogens with one attached hydrogen (secondary N) is 2. The van der Waals surface area contributed by atoms with Gasteiger partial charge in [-0.3, -0.25) is 5.10 Å². The van der Waals surface area contributed by atoms with Crippen LogP contribution in [0.5, 0.6) is 0 Å². The van der Waals surface area contributed by atoms with Gasteiger partial charge in [0.05, 0.1) is 0 Å². The van der Waals surface area contributed by atoms with E-state index in [0.717, 1.165) is 31.8 Å². The fourth-order valence-corrected chi connectivity index (χ4v) is 2.00. The molecule has 1 heterocycles. The van der Waals surface area contributed by atoms with E-state index in [1.54, 1.807) is 6.33 Å². The van der Waals surface area contributed by atoms with Gasteiger partial charge in [-0.2, -0.15) is 5.10 Å². The molecule has 0 radical (unpaired) electrons. The van der Waals surface area contributed by atoms with Gasteiger partial charge in [-0.25, -0.2) is 4.98 Å². The molecule has 1 aromatic carbocycles. The van der Waals surface area contributed by atoms with Crippen LogP contribution in [0.3, 0.4) is 0 Å². The van der Waals surface area contributed by atoms with E-state index in [1.165, 1.54) is 16.7 Å². The van der Waals surface area contributed by atoms with Gasteiger partial charge < -0.3 is 5.32 Å². The van der Waals surface area contributed by atoms with Gasteiger partial charge in [-0.05, 0) is 37.9 Å². The second kappa shape index (κ2) is 6.31. The lowest BCUT2D eigenvalue weighted by Crippen LogP contribution is -2.16. The summed E-state index contributed by atoms with van der Waals surface area (Å²) in [7, 11) is 0. The van der Waals surface area contributed by atoms with Crippen LogP contribution >= 0.6 is 0 Å². The van der Waals surface area contributed by atoms with Gasteiger partial charge in [0.1, 0.15) is 12.2 Å². The van der Waals surface area contributed by atoms with Crippen molar-refractivity contribution in [3.05, 3.63) is 47.0 Å². The number of aromatic nitrogens is 3. The van der Waals surface area contributed by atoms with Crippen LogP contribution in [0.15, 0.2) is 24.5 Å². The zero-order chi connectivity index (χ0) is 12.8. The molecular weight excluding hydrogens is 224 g/mol. The van der Waals surface area contributed by atoms with E-state index in [9.17, 15) is 0 Å². The molecule has 0 saturated heterocycles. The number of aryl methyl sites for hydroxylation is 3. The van der Waals surface area contributed by atoms with Gasteiger partial charge in [0.2, 0.25) is 0 Å². The van der Waals surface area contributed by atoms with E-state index in [2.05, 4.69) is 52.5 Å². The van der Waals surface area contributed by atoms with Crippen LogP contribution in [0.1, 0.15) is 28.9 Å². The molecular formula is C14H20N4. The van der Waals surface area contributed by atoms with Gasteiger partial charge in [0, 0.05) is 13.0 Å². The van der Waals surface area contributed by atoms with Gasteiger partial charge in [0.15, 0.2) is 0 Å². The lowest BCUT2D eigenvalue weighted by Gasteiger charge is -2.08. The molecule has 2 N–H and O–H groups in total. The second-order valence-electron chi connectivity index (χ2n) is 4.64. The SMILES string of the molecule is Cc1ccc(CNCCCc2ncn[nH]2)c(C)c1. The van der Waals surface area contributed by atoms with Gasteiger partial charge in [0.25, 0.3) is 0 Å². The summed E-state index contributed by atoms with van der Waals surface area (Å²) in [5, 5.41) is 10.2. The number of hydrogen-bond acceptors (Lipinski definition) is 3. The zero-order valence-electron chi connectivity index (χ0n) is 11.0. The van der Waals surface area contributed by atoms with Crippen molar-refractivity contribution < 1.29 is 0 Å². The van der Waals surface area contributed by atoms with Crippen LogP contribution in [0.25, 0.3) is 0 Å². The highest BCUT2D eigenvalue weighted by molar-refractivity contribution is 5.30. The molecule has 0 bridgehead atoms. The lowest BCUT2D eigenvalue weighted by atomic mass is 10.1. The minimum absolute atomic E-state index is 0.933. The second-order valence-corrected chi connectivity index (χ2v) is 4.64. The normalized spacial score (nSPS) is 10.8. The third-order valence-electron chi connectivity index (χ3n) is 3.05. The smallest absolute Gasteiger partial charge is 0.137 e. The van der Waals surface area contributed by atoms with Gasteiger partial charge >= 0.3 is 0 Å². The maximum absolute atomic E-state index is 4.10. The Labute approximate surface area is 108 Å². The van der Waals surface area contributed by atoms with Crippen LogP contribution in [0, 0.1) is 13.8 Å². The maximum atomic E-state index is 4.10. The molecule has 0 atom stereocenters. The van der Waals surface area contributed by atoms with Crippen molar-refractivity contribution in [1.29, 1.82) is 0 Å². The molecule has 0 unspecified atom stereocenters. The average molecular weight is 244 g/mol. The van der Waals surface area contributed by atoms with Crippen molar-refractivity contribution in [2.24, 2.45) is 0 Å². The number of nitrogens with zero attached hydrogens (tertiary/aromatic N) is 2. The van der Waals surface area contributed by atoms with E-state index in [-0.39, 0.29) is 0 Å². The molecule has 0 saturated carbocycles. The Morgan fingerprint density at radius 2 is 2.17 bits per heavy atom. The topological polar surface area (TPSA) is 53.6 Å². The molecule has 4 heteroatoms. The predicted octanol–water partition coefficient (Wildman–Crippen LogP) is 2.14. The summed E-state index contributed by atoms with van der Waals surface area (Å²) in [6, 6.07) is 6.60. The van der Waals surface area contributed by atoms with E-state index in [0.29, 0.717) is 0 Å². The van der Waals surface area contributed by atoms with Crippen molar-refractivity contribution in [3.63, 3.8) is 0 Å². The molecule has 2 aromatic rings.